The summed E-state index contributed by atoms with van der Waals surface area (Å²) in [4.78, 5) is 12.2. The van der Waals surface area contributed by atoms with Gasteiger partial charge in [0.2, 0.25) is 0 Å². The molecule has 0 saturated carbocycles. The molecule has 1 amide bonds. The number of hydrogen-bond donors (Lipinski definition) is 1. The topological polar surface area (TPSA) is 38.3 Å². The van der Waals surface area contributed by atoms with Crippen molar-refractivity contribution in [3.05, 3.63) is 63.3 Å². The number of ether oxygens (including phenoxy) is 1. The predicted molar refractivity (Wildman–Crippen MR) is 92.2 cm³/mol. The Morgan fingerprint density at radius 2 is 1.87 bits per heavy atom. The molecule has 0 aromatic heterocycles. The van der Waals surface area contributed by atoms with E-state index in [4.69, 9.17) is 16.3 Å². The molecule has 1 N–H and O–H groups in total. The first-order valence-corrected chi connectivity index (χ1v) is 8.21. The fraction of sp³-hybridized carbons (Fsp3) is 0.235. The fourth-order valence-electron chi connectivity index (χ4n) is 1.98. The normalized spacial score (nSPS) is 13.3. The van der Waals surface area contributed by atoms with Crippen LogP contribution in [0.4, 0.5) is 4.39 Å². The Hall–Kier alpha value is -1.59. The van der Waals surface area contributed by atoms with Crippen molar-refractivity contribution in [1.82, 2.24) is 5.32 Å². The van der Waals surface area contributed by atoms with Gasteiger partial charge in [0.1, 0.15) is 11.6 Å². The maximum atomic E-state index is 12.9. The van der Waals surface area contributed by atoms with Gasteiger partial charge in [-0.05, 0) is 49.7 Å². The van der Waals surface area contributed by atoms with Gasteiger partial charge in [-0.15, -0.1) is 0 Å². The SMILES string of the molecule is C[C@@H](Oc1ccc(Br)cc1Cl)C(=O)N[C@H](C)c1ccc(F)cc1. The molecule has 122 valence electrons. The van der Waals surface area contributed by atoms with E-state index in [1.165, 1.54) is 12.1 Å². The molecular weight excluding hydrogens is 385 g/mol. The summed E-state index contributed by atoms with van der Waals surface area (Å²) < 4.78 is 19.3. The summed E-state index contributed by atoms with van der Waals surface area (Å²) in [7, 11) is 0. The second-order valence-corrected chi connectivity index (χ2v) is 6.44. The first-order chi connectivity index (χ1) is 10.9. The monoisotopic (exact) mass is 399 g/mol. The molecule has 0 bridgehead atoms. The molecule has 2 aromatic rings. The van der Waals surface area contributed by atoms with E-state index in [1.807, 2.05) is 6.92 Å². The number of rotatable bonds is 5. The van der Waals surface area contributed by atoms with Gasteiger partial charge in [-0.1, -0.05) is 39.7 Å². The van der Waals surface area contributed by atoms with Crippen LogP contribution in [0.2, 0.25) is 5.02 Å². The lowest BCUT2D eigenvalue weighted by atomic mass is 10.1. The summed E-state index contributed by atoms with van der Waals surface area (Å²) in [6.07, 6.45) is -0.712. The largest absolute Gasteiger partial charge is 0.479 e. The van der Waals surface area contributed by atoms with Gasteiger partial charge in [0.15, 0.2) is 6.10 Å². The lowest BCUT2D eigenvalue weighted by molar-refractivity contribution is -0.127. The van der Waals surface area contributed by atoms with Crippen molar-refractivity contribution in [3.63, 3.8) is 0 Å². The molecule has 0 radical (unpaired) electrons. The Kier molecular flexibility index (Phi) is 6.02. The van der Waals surface area contributed by atoms with Crippen molar-refractivity contribution >= 4 is 33.4 Å². The van der Waals surface area contributed by atoms with Crippen molar-refractivity contribution in [2.24, 2.45) is 0 Å². The minimum absolute atomic E-state index is 0.255. The van der Waals surface area contributed by atoms with Gasteiger partial charge in [-0.3, -0.25) is 4.79 Å². The highest BCUT2D eigenvalue weighted by atomic mass is 79.9. The zero-order valence-corrected chi connectivity index (χ0v) is 15.0. The molecule has 0 unspecified atom stereocenters. The molecule has 0 saturated heterocycles. The lowest BCUT2D eigenvalue weighted by Crippen LogP contribution is -2.37. The van der Waals surface area contributed by atoms with E-state index >= 15 is 0 Å². The predicted octanol–water partition coefficient (Wildman–Crippen LogP) is 4.89. The van der Waals surface area contributed by atoms with E-state index in [9.17, 15) is 9.18 Å². The Morgan fingerprint density at radius 3 is 2.48 bits per heavy atom. The molecule has 2 aromatic carbocycles. The first-order valence-electron chi connectivity index (χ1n) is 7.04. The standard InChI is InChI=1S/C17H16BrClFNO2/c1-10(12-3-6-14(20)7-4-12)21-17(22)11(2)23-16-8-5-13(18)9-15(16)19/h3-11H,1-2H3,(H,21,22)/t10-,11-/m1/s1. The summed E-state index contributed by atoms with van der Waals surface area (Å²) in [6, 6.07) is 10.9. The van der Waals surface area contributed by atoms with E-state index in [-0.39, 0.29) is 17.8 Å². The van der Waals surface area contributed by atoms with Gasteiger partial charge in [-0.2, -0.15) is 0 Å². The fourth-order valence-corrected chi connectivity index (χ4v) is 2.70. The van der Waals surface area contributed by atoms with Crippen LogP contribution in [-0.4, -0.2) is 12.0 Å². The van der Waals surface area contributed by atoms with Crippen LogP contribution in [-0.2, 0) is 4.79 Å². The van der Waals surface area contributed by atoms with E-state index in [2.05, 4.69) is 21.2 Å². The number of amides is 1. The van der Waals surface area contributed by atoms with Crippen molar-refractivity contribution in [1.29, 1.82) is 0 Å². The summed E-state index contributed by atoms with van der Waals surface area (Å²) in [5.74, 6) is -0.151. The van der Waals surface area contributed by atoms with Gasteiger partial charge in [-0.25, -0.2) is 4.39 Å². The van der Waals surface area contributed by atoms with Gasteiger partial charge in [0.25, 0.3) is 5.91 Å². The number of carbonyl (C=O) groups is 1. The van der Waals surface area contributed by atoms with Crippen LogP contribution in [0.3, 0.4) is 0 Å². The average molecular weight is 401 g/mol. The molecule has 0 aliphatic rings. The van der Waals surface area contributed by atoms with E-state index in [0.29, 0.717) is 10.8 Å². The molecule has 2 rings (SSSR count). The maximum absolute atomic E-state index is 12.9. The lowest BCUT2D eigenvalue weighted by Gasteiger charge is -2.19. The smallest absolute Gasteiger partial charge is 0.261 e. The molecule has 0 heterocycles. The zero-order valence-electron chi connectivity index (χ0n) is 12.6. The minimum Gasteiger partial charge on any atom is -0.479 e. The summed E-state index contributed by atoms with van der Waals surface area (Å²) >= 11 is 9.38. The van der Waals surface area contributed by atoms with Crippen LogP contribution in [0.5, 0.6) is 5.75 Å². The number of nitrogens with one attached hydrogen (secondary N) is 1. The molecule has 3 nitrogen and oxygen atoms in total. The van der Waals surface area contributed by atoms with Crippen LogP contribution in [0, 0.1) is 5.82 Å². The molecule has 0 spiro atoms. The van der Waals surface area contributed by atoms with Gasteiger partial charge in [0, 0.05) is 4.47 Å². The van der Waals surface area contributed by atoms with E-state index < -0.39 is 6.10 Å². The second-order valence-electron chi connectivity index (χ2n) is 5.12. The van der Waals surface area contributed by atoms with Gasteiger partial charge < -0.3 is 10.1 Å². The molecule has 0 fully saturated rings. The highest BCUT2D eigenvalue weighted by Crippen LogP contribution is 2.28. The summed E-state index contributed by atoms with van der Waals surface area (Å²) in [5.41, 5.74) is 0.814. The van der Waals surface area contributed by atoms with Crippen LogP contribution in [0.25, 0.3) is 0 Å². The number of carbonyl (C=O) groups excluding carboxylic acids is 1. The van der Waals surface area contributed by atoms with Crippen LogP contribution < -0.4 is 10.1 Å². The molecule has 23 heavy (non-hydrogen) atoms. The molecule has 0 aliphatic carbocycles. The minimum atomic E-state index is -0.712. The number of halogens is 3. The third kappa shape index (κ3) is 4.94. The highest BCUT2D eigenvalue weighted by molar-refractivity contribution is 9.10. The molecule has 2 atom stereocenters. The summed E-state index contributed by atoms with van der Waals surface area (Å²) in [6.45, 7) is 3.47. The summed E-state index contributed by atoms with van der Waals surface area (Å²) in [5, 5.41) is 3.25. The molecule has 6 heteroatoms. The van der Waals surface area contributed by atoms with E-state index in [1.54, 1.807) is 37.3 Å². The molecular formula is C17H16BrClFNO2. The van der Waals surface area contributed by atoms with Crippen LogP contribution in [0.1, 0.15) is 25.5 Å². The molecule has 0 aliphatic heterocycles. The third-order valence-electron chi connectivity index (χ3n) is 3.30. The Balaban J connectivity index is 1.98. The van der Waals surface area contributed by atoms with Gasteiger partial charge >= 0.3 is 0 Å². The highest BCUT2D eigenvalue weighted by Gasteiger charge is 2.18. The Labute approximate surface area is 147 Å². The zero-order chi connectivity index (χ0) is 17.0. The van der Waals surface area contributed by atoms with Crippen molar-refractivity contribution < 1.29 is 13.9 Å². The van der Waals surface area contributed by atoms with Gasteiger partial charge in [0.05, 0.1) is 11.1 Å². The number of benzene rings is 2. The third-order valence-corrected chi connectivity index (χ3v) is 4.08. The van der Waals surface area contributed by atoms with Crippen molar-refractivity contribution in [2.75, 3.05) is 0 Å². The average Bonchev–Trinajstić information content (AvgIpc) is 2.50. The first kappa shape index (κ1) is 17.8. The Bertz CT molecular complexity index is 693. The van der Waals surface area contributed by atoms with Crippen molar-refractivity contribution in [3.8, 4) is 5.75 Å². The maximum Gasteiger partial charge on any atom is 0.261 e. The van der Waals surface area contributed by atoms with Crippen LogP contribution >= 0.6 is 27.5 Å². The Morgan fingerprint density at radius 1 is 1.22 bits per heavy atom. The van der Waals surface area contributed by atoms with Crippen LogP contribution in [0.15, 0.2) is 46.9 Å². The quantitative estimate of drug-likeness (QED) is 0.776. The second kappa shape index (κ2) is 7.79. The van der Waals surface area contributed by atoms with E-state index in [0.717, 1.165) is 10.0 Å². The number of hydrogen-bond acceptors (Lipinski definition) is 2. The van der Waals surface area contributed by atoms with Crippen molar-refractivity contribution in [2.45, 2.75) is 26.0 Å².